The molecule has 6 nitrogen and oxygen atoms in total. The van der Waals surface area contributed by atoms with Crippen molar-refractivity contribution >= 4 is 35.6 Å². The first kappa shape index (κ1) is 22.9. The highest BCUT2D eigenvalue weighted by molar-refractivity contribution is 6.41. The highest BCUT2D eigenvalue weighted by Crippen LogP contribution is 2.50. The first-order valence-corrected chi connectivity index (χ1v) is 11.4. The summed E-state index contributed by atoms with van der Waals surface area (Å²) in [6, 6.07) is 10.2. The SMILES string of the molecule is C=N/C(=C\N=C(/C)C(O)c1ccnc(Cl)c1Cl)N1CCC2(CC1)Cc1ccccc1[C@H]2N. The minimum atomic E-state index is -0.995. The average molecular weight is 472 g/mol. The number of hydrogen-bond acceptors (Lipinski definition) is 6. The number of aliphatic imine (C=N–C) groups is 2. The van der Waals surface area contributed by atoms with E-state index in [2.05, 4.69) is 50.9 Å². The van der Waals surface area contributed by atoms with Gasteiger partial charge in [0.2, 0.25) is 0 Å². The molecule has 1 unspecified atom stereocenters. The Kier molecular flexibility index (Phi) is 6.67. The van der Waals surface area contributed by atoms with Gasteiger partial charge in [-0.2, -0.15) is 0 Å². The summed E-state index contributed by atoms with van der Waals surface area (Å²) in [5.74, 6) is 0.675. The third-order valence-electron chi connectivity index (χ3n) is 6.79. The van der Waals surface area contributed by atoms with Gasteiger partial charge in [0.05, 0.1) is 11.2 Å². The van der Waals surface area contributed by atoms with Crippen molar-refractivity contribution in [2.45, 2.75) is 38.3 Å². The van der Waals surface area contributed by atoms with Crippen LogP contribution in [-0.2, 0) is 6.42 Å². The van der Waals surface area contributed by atoms with Gasteiger partial charge in [-0.15, -0.1) is 0 Å². The second-order valence-electron chi connectivity index (χ2n) is 8.53. The fourth-order valence-corrected chi connectivity index (χ4v) is 5.19. The molecule has 1 aromatic carbocycles. The molecule has 2 aliphatic rings. The van der Waals surface area contributed by atoms with Crippen LogP contribution in [0.3, 0.4) is 0 Å². The van der Waals surface area contributed by atoms with E-state index in [1.54, 1.807) is 19.2 Å². The zero-order valence-corrected chi connectivity index (χ0v) is 19.5. The molecule has 1 spiro atoms. The Balaban J connectivity index is 1.46. The number of aromatic nitrogens is 1. The summed E-state index contributed by atoms with van der Waals surface area (Å²) >= 11 is 12.1. The van der Waals surface area contributed by atoms with Crippen molar-refractivity contribution in [1.82, 2.24) is 9.88 Å². The molecule has 1 fully saturated rings. The number of likely N-dealkylation sites (tertiary alicyclic amines) is 1. The third kappa shape index (κ3) is 4.20. The highest BCUT2D eigenvalue weighted by Gasteiger charge is 2.45. The number of rotatable bonds is 5. The Hall–Kier alpha value is -2.25. The van der Waals surface area contributed by atoms with Crippen LogP contribution < -0.4 is 5.73 Å². The largest absolute Gasteiger partial charge is 0.382 e. The Morgan fingerprint density at radius 3 is 2.72 bits per heavy atom. The van der Waals surface area contributed by atoms with Gasteiger partial charge in [0, 0.05) is 36.6 Å². The van der Waals surface area contributed by atoms with Gasteiger partial charge in [0.1, 0.15) is 17.1 Å². The van der Waals surface area contributed by atoms with Crippen molar-refractivity contribution in [2.75, 3.05) is 13.1 Å². The van der Waals surface area contributed by atoms with E-state index in [1.165, 1.54) is 17.3 Å². The minimum absolute atomic E-state index is 0.0670. The van der Waals surface area contributed by atoms with Crippen molar-refractivity contribution in [3.63, 3.8) is 0 Å². The molecule has 3 N–H and O–H groups in total. The molecule has 1 aliphatic carbocycles. The minimum Gasteiger partial charge on any atom is -0.382 e. The fourth-order valence-electron chi connectivity index (χ4n) is 4.81. The molecule has 0 radical (unpaired) electrons. The molecule has 4 rings (SSSR count). The van der Waals surface area contributed by atoms with Crippen LogP contribution in [0.5, 0.6) is 0 Å². The van der Waals surface area contributed by atoms with Crippen LogP contribution in [0, 0.1) is 5.41 Å². The van der Waals surface area contributed by atoms with E-state index >= 15 is 0 Å². The number of hydrogen-bond donors (Lipinski definition) is 2. The van der Waals surface area contributed by atoms with Crippen LogP contribution in [0.4, 0.5) is 0 Å². The first-order valence-electron chi connectivity index (χ1n) is 10.6. The summed E-state index contributed by atoms with van der Waals surface area (Å²) in [5, 5.41) is 11.0. The predicted molar refractivity (Wildman–Crippen MR) is 130 cm³/mol. The Labute approximate surface area is 198 Å². The first-order chi connectivity index (χ1) is 15.4. The van der Waals surface area contributed by atoms with E-state index in [0.717, 1.165) is 32.4 Å². The molecule has 0 amide bonds. The molecule has 32 heavy (non-hydrogen) atoms. The second kappa shape index (κ2) is 9.32. The van der Waals surface area contributed by atoms with Crippen LogP contribution in [0.25, 0.3) is 0 Å². The monoisotopic (exact) mass is 471 g/mol. The van der Waals surface area contributed by atoms with Crippen molar-refractivity contribution in [3.8, 4) is 0 Å². The molecule has 1 aliphatic heterocycles. The molecule has 2 atom stereocenters. The summed E-state index contributed by atoms with van der Waals surface area (Å²) in [4.78, 5) is 14.7. The summed E-state index contributed by atoms with van der Waals surface area (Å²) in [6.07, 6.45) is 5.13. The normalized spacial score (nSPS) is 21.5. The number of aliphatic hydroxyl groups is 1. The lowest BCUT2D eigenvalue weighted by Crippen LogP contribution is -2.43. The van der Waals surface area contributed by atoms with Crippen LogP contribution in [0.1, 0.15) is 48.6 Å². The van der Waals surface area contributed by atoms with Gasteiger partial charge < -0.3 is 15.7 Å². The van der Waals surface area contributed by atoms with Gasteiger partial charge in [-0.1, -0.05) is 47.5 Å². The number of piperidine rings is 1. The second-order valence-corrected chi connectivity index (χ2v) is 9.26. The molecule has 1 aromatic heterocycles. The van der Waals surface area contributed by atoms with Gasteiger partial charge in [-0.3, -0.25) is 4.99 Å². The number of pyridine rings is 1. The molecule has 1 saturated heterocycles. The number of halogens is 2. The van der Waals surface area contributed by atoms with Crippen LogP contribution in [0.15, 0.2) is 58.5 Å². The summed E-state index contributed by atoms with van der Waals surface area (Å²) in [7, 11) is 0. The lowest BCUT2D eigenvalue weighted by atomic mass is 9.73. The van der Waals surface area contributed by atoms with Crippen molar-refractivity contribution in [1.29, 1.82) is 0 Å². The van der Waals surface area contributed by atoms with E-state index in [4.69, 9.17) is 28.9 Å². The number of nitrogens with zero attached hydrogens (tertiary/aromatic N) is 4. The number of nitrogens with two attached hydrogens (primary N) is 1. The Morgan fingerprint density at radius 1 is 1.31 bits per heavy atom. The molecular weight excluding hydrogens is 445 g/mol. The molecule has 2 aromatic rings. The van der Waals surface area contributed by atoms with Crippen LogP contribution >= 0.6 is 23.2 Å². The van der Waals surface area contributed by atoms with Crippen LogP contribution in [-0.4, -0.2) is 40.5 Å². The van der Waals surface area contributed by atoms with Gasteiger partial charge in [-0.05, 0) is 55.5 Å². The van der Waals surface area contributed by atoms with E-state index < -0.39 is 6.10 Å². The molecule has 0 bridgehead atoms. The summed E-state index contributed by atoms with van der Waals surface area (Å²) in [5.41, 5.74) is 10.4. The maximum atomic E-state index is 10.6. The van der Waals surface area contributed by atoms with Crippen molar-refractivity contribution in [3.05, 3.63) is 75.4 Å². The molecule has 2 heterocycles. The standard InChI is InChI=1S/C24H27Cl2N5O/c1-15(21(32)18-7-10-29-23(26)20(18)25)30-14-19(28-2)31-11-8-24(9-12-31)13-16-5-3-4-6-17(16)22(24)27/h3-7,10,14,21-22,32H,2,8-9,11-13,27H2,1H3/b19-14+,30-15+/t21?,22-/m1/s1. The highest BCUT2D eigenvalue weighted by atomic mass is 35.5. The van der Waals surface area contributed by atoms with E-state index in [9.17, 15) is 5.11 Å². The zero-order valence-electron chi connectivity index (χ0n) is 18.0. The average Bonchev–Trinajstić information content (AvgIpc) is 3.08. The molecule has 8 heteroatoms. The third-order valence-corrected chi connectivity index (χ3v) is 7.57. The van der Waals surface area contributed by atoms with Crippen molar-refractivity contribution < 1.29 is 5.11 Å². The summed E-state index contributed by atoms with van der Waals surface area (Å²) in [6.45, 7) is 7.10. The van der Waals surface area contributed by atoms with Gasteiger partial charge in [-0.25, -0.2) is 9.98 Å². The molecular formula is C24H27Cl2N5O. The van der Waals surface area contributed by atoms with E-state index in [-0.39, 0.29) is 21.6 Å². The maximum Gasteiger partial charge on any atom is 0.147 e. The van der Waals surface area contributed by atoms with Crippen molar-refractivity contribution in [2.24, 2.45) is 21.1 Å². The number of aliphatic hydroxyl groups excluding tert-OH is 1. The number of fused-ring (bicyclic) bond motifs is 1. The van der Waals surface area contributed by atoms with Gasteiger partial charge >= 0.3 is 0 Å². The maximum absolute atomic E-state index is 10.6. The summed E-state index contributed by atoms with van der Waals surface area (Å²) < 4.78 is 0. The lowest BCUT2D eigenvalue weighted by Gasteiger charge is -2.42. The number of benzene rings is 1. The zero-order chi connectivity index (χ0) is 22.9. The topological polar surface area (TPSA) is 87.1 Å². The Morgan fingerprint density at radius 2 is 2.03 bits per heavy atom. The van der Waals surface area contributed by atoms with Gasteiger partial charge in [0.25, 0.3) is 0 Å². The molecule has 168 valence electrons. The lowest BCUT2D eigenvalue weighted by molar-refractivity contribution is 0.109. The van der Waals surface area contributed by atoms with E-state index in [1.807, 2.05) is 0 Å². The predicted octanol–water partition coefficient (Wildman–Crippen LogP) is 4.72. The van der Waals surface area contributed by atoms with Gasteiger partial charge in [0.15, 0.2) is 0 Å². The quantitative estimate of drug-likeness (QED) is 0.487. The molecule has 0 saturated carbocycles. The fraction of sp³-hybridized carbons (Fsp3) is 0.375. The van der Waals surface area contributed by atoms with E-state index in [0.29, 0.717) is 17.1 Å². The smallest absolute Gasteiger partial charge is 0.147 e. The Bertz CT molecular complexity index is 1080. The van der Waals surface area contributed by atoms with Crippen LogP contribution in [0.2, 0.25) is 10.2 Å².